The van der Waals surface area contributed by atoms with Crippen LogP contribution < -0.4 is 15.2 Å². The molecule has 3 aliphatic rings. The predicted molar refractivity (Wildman–Crippen MR) is 161 cm³/mol. The number of anilines is 1. The van der Waals surface area contributed by atoms with E-state index in [-0.39, 0.29) is 50.2 Å². The third-order valence-corrected chi connectivity index (χ3v) is 9.28. The van der Waals surface area contributed by atoms with E-state index in [0.29, 0.717) is 24.4 Å². The maximum atomic E-state index is 16.7. The first kappa shape index (κ1) is 28.7. The van der Waals surface area contributed by atoms with Gasteiger partial charge < -0.3 is 4.74 Å². The average Bonchev–Trinajstić information content (AvgIpc) is 3.49. The highest BCUT2D eigenvalue weighted by molar-refractivity contribution is 6.02. The SMILES string of the molecule is C#Cc1c(F)ccc2cc(C(F)F)cc(-c3ncc4c(N5CCCCCN5)nc(OCC56CCCN5CCC6)nc4c3F)c12. The molecular formula is C33H32F4N6O. The van der Waals surface area contributed by atoms with Crippen LogP contribution in [-0.4, -0.2) is 58.2 Å². The van der Waals surface area contributed by atoms with Gasteiger partial charge in [0, 0.05) is 35.8 Å². The molecule has 3 saturated heterocycles. The first-order valence-electron chi connectivity index (χ1n) is 15.1. The van der Waals surface area contributed by atoms with Crippen LogP contribution >= 0.6 is 0 Å². The molecule has 0 bridgehead atoms. The Hall–Kier alpha value is -4.01. The Morgan fingerprint density at radius 3 is 2.61 bits per heavy atom. The summed E-state index contributed by atoms with van der Waals surface area (Å²) in [6.07, 6.45) is 11.4. The Kier molecular flexibility index (Phi) is 7.50. The summed E-state index contributed by atoms with van der Waals surface area (Å²) in [5, 5.41) is 2.60. The lowest BCUT2D eigenvalue weighted by Gasteiger charge is -2.31. The zero-order valence-corrected chi connectivity index (χ0v) is 24.2. The van der Waals surface area contributed by atoms with Crippen LogP contribution in [0.2, 0.25) is 0 Å². The van der Waals surface area contributed by atoms with Crippen LogP contribution in [-0.2, 0) is 0 Å². The Morgan fingerprint density at radius 1 is 1.02 bits per heavy atom. The number of hydrogen-bond donors (Lipinski definition) is 1. The quantitative estimate of drug-likeness (QED) is 0.198. The normalized spacial score (nSPS) is 18.6. The van der Waals surface area contributed by atoms with E-state index in [2.05, 4.69) is 26.2 Å². The number of pyridine rings is 1. The van der Waals surface area contributed by atoms with E-state index in [1.54, 1.807) is 0 Å². The number of nitrogens with zero attached hydrogens (tertiary/aromatic N) is 5. The highest BCUT2D eigenvalue weighted by Crippen LogP contribution is 2.41. The summed E-state index contributed by atoms with van der Waals surface area (Å²) in [6, 6.07) is 4.85. The summed E-state index contributed by atoms with van der Waals surface area (Å²) in [6.45, 7) is 3.80. The van der Waals surface area contributed by atoms with Crippen LogP contribution in [0.1, 0.15) is 62.5 Å². The summed E-state index contributed by atoms with van der Waals surface area (Å²) in [5.74, 6) is 1.16. The van der Waals surface area contributed by atoms with Crippen molar-refractivity contribution in [3.63, 3.8) is 0 Å². The second-order valence-electron chi connectivity index (χ2n) is 11.9. The smallest absolute Gasteiger partial charge is 0.319 e. The molecule has 0 saturated carbocycles. The summed E-state index contributed by atoms with van der Waals surface area (Å²) in [7, 11) is 0. The molecule has 11 heteroatoms. The van der Waals surface area contributed by atoms with E-state index < -0.39 is 18.1 Å². The fourth-order valence-corrected chi connectivity index (χ4v) is 7.10. The van der Waals surface area contributed by atoms with E-state index >= 15 is 4.39 Å². The van der Waals surface area contributed by atoms with Crippen LogP contribution in [0.5, 0.6) is 6.01 Å². The molecule has 44 heavy (non-hydrogen) atoms. The first-order valence-corrected chi connectivity index (χ1v) is 15.1. The van der Waals surface area contributed by atoms with Gasteiger partial charge in [0.2, 0.25) is 0 Å². The molecule has 0 aliphatic carbocycles. The highest BCUT2D eigenvalue weighted by Gasteiger charge is 2.45. The van der Waals surface area contributed by atoms with Crippen LogP contribution in [0.4, 0.5) is 23.4 Å². The molecule has 0 radical (unpaired) electrons. The number of benzene rings is 2. The second-order valence-corrected chi connectivity index (χ2v) is 11.9. The van der Waals surface area contributed by atoms with Crippen molar-refractivity contribution in [1.82, 2.24) is 25.3 Å². The number of fused-ring (bicyclic) bond motifs is 3. The second kappa shape index (κ2) is 11.5. The number of halogens is 4. The van der Waals surface area contributed by atoms with Gasteiger partial charge in [0.25, 0.3) is 6.43 Å². The summed E-state index contributed by atoms with van der Waals surface area (Å²) < 4.78 is 65.8. The lowest BCUT2D eigenvalue weighted by atomic mass is 9.94. The van der Waals surface area contributed by atoms with Crippen molar-refractivity contribution in [2.24, 2.45) is 0 Å². The van der Waals surface area contributed by atoms with Gasteiger partial charge in [0.1, 0.15) is 23.6 Å². The van der Waals surface area contributed by atoms with Crippen LogP contribution in [0.3, 0.4) is 0 Å². The number of hydrazine groups is 1. The van der Waals surface area contributed by atoms with Gasteiger partial charge >= 0.3 is 6.01 Å². The Bertz CT molecular complexity index is 1770. The standard InChI is InChI=1S/C33H32F4N6O/c1-2-22-25(34)9-8-20-16-21(30(36)37)17-23(26(20)22)28-27(35)29-24(18-38-28)31(43-15-5-3-4-12-39-43)41-32(40-29)44-19-33-10-6-13-42(33)14-7-11-33/h1,8-9,16-18,30,39H,3-7,10-15,19H2. The molecule has 7 nitrogen and oxygen atoms in total. The average molecular weight is 605 g/mol. The van der Waals surface area contributed by atoms with E-state index in [1.165, 1.54) is 18.3 Å². The van der Waals surface area contributed by atoms with Crippen molar-refractivity contribution in [3.05, 3.63) is 53.2 Å². The Labute approximate surface area is 252 Å². The fourth-order valence-electron chi connectivity index (χ4n) is 7.10. The lowest BCUT2D eigenvalue weighted by Crippen LogP contribution is -2.43. The minimum Gasteiger partial charge on any atom is -0.461 e. The van der Waals surface area contributed by atoms with Crippen LogP contribution in [0.15, 0.2) is 30.5 Å². The molecule has 2 aromatic heterocycles. The maximum absolute atomic E-state index is 16.7. The minimum absolute atomic E-state index is 0.0317. The number of nitrogens with one attached hydrogen (secondary N) is 1. The Balaban J connectivity index is 1.40. The van der Waals surface area contributed by atoms with E-state index in [4.69, 9.17) is 16.1 Å². The Morgan fingerprint density at radius 2 is 1.84 bits per heavy atom. The first-order chi connectivity index (χ1) is 21.4. The summed E-state index contributed by atoms with van der Waals surface area (Å²) in [5.41, 5.74) is 2.41. The van der Waals surface area contributed by atoms with E-state index in [1.807, 2.05) is 5.01 Å². The van der Waals surface area contributed by atoms with Crippen molar-refractivity contribution in [1.29, 1.82) is 0 Å². The number of aromatic nitrogens is 3. The number of hydrogen-bond acceptors (Lipinski definition) is 7. The van der Waals surface area contributed by atoms with E-state index in [9.17, 15) is 13.2 Å². The van der Waals surface area contributed by atoms with Crippen molar-refractivity contribution in [2.75, 3.05) is 37.8 Å². The molecule has 7 rings (SSSR count). The predicted octanol–water partition coefficient (Wildman–Crippen LogP) is 6.54. The van der Waals surface area contributed by atoms with Gasteiger partial charge in [-0.25, -0.2) is 23.0 Å². The summed E-state index contributed by atoms with van der Waals surface area (Å²) >= 11 is 0. The molecule has 0 amide bonds. The van der Waals surface area contributed by atoms with Gasteiger partial charge in [-0.2, -0.15) is 9.97 Å². The van der Waals surface area contributed by atoms with Gasteiger partial charge in [-0.1, -0.05) is 18.4 Å². The zero-order chi connectivity index (χ0) is 30.4. The summed E-state index contributed by atoms with van der Waals surface area (Å²) in [4.78, 5) is 16.1. The molecule has 2 aromatic carbocycles. The van der Waals surface area contributed by atoms with Crippen molar-refractivity contribution < 1.29 is 22.3 Å². The molecule has 4 aromatic rings. The molecule has 3 fully saturated rings. The molecule has 0 spiro atoms. The number of terminal acetylenes is 1. The van der Waals surface area contributed by atoms with Crippen LogP contribution in [0.25, 0.3) is 32.9 Å². The highest BCUT2D eigenvalue weighted by atomic mass is 19.3. The molecule has 0 unspecified atom stereocenters. The monoisotopic (exact) mass is 604 g/mol. The topological polar surface area (TPSA) is 66.4 Å². The molecule has 5 heterocycles. The molecular weight excluding hydrogens is 572 g/mol. The van der Waals surface area contributed by atoms with Crippen molar-refractivity contribution >= 4 is 27.5 Å². The maximum Gasteiger partial charge on any atom is 0.319 e. The number of rotatable bonds is 6. The lowest BCUT2D eigenvalue weighted by molar-refractivity contribution is 0.108. The number of ether oxygens (including phenoxy) is 1. The van der Waals surface area contributed by atoms with E-state index in [0.717, 1.165) is 76.7 Å². The fraction of sp³-hybridized carbons (Fsp3) is 0.424. The minimum atomic E-state index is -2.85. The largest absolute Gasteiger partial charge is 0.461 e. The van der Waals surface area contributed by atoms with Gasteiger partial charge in [-0.15, -0.1) is 6.42 Å². The number of alkyl halides is 2. The van der Waals surface area contributed by atoms with Gasteiger partial charge in [0.15, 0.2) is 11.6 Å². The van der Waals surface area contributed by atoms with Crippen molar-refractivity contribution in [2.45, 2.75) is 56.9 Å². The molecule has 228 valence electrons. The van der Waals surface area contributed by atoms with Gasteiger partial charge in [-0.05, 0) is 75.2 Å². The third-order valence-electron chi connectivity index (χ3n) is 9.28. The molecule has 3 aliphatic heterocycles. The third kappa shape index (κ3) is 4.90. The van der Waals surface area contributed by atoms with Crippen LogP contribution in [0, 0.1) is 24.0 Å². The van der Waals surface area contributed by atoms with Gasteiger partial charge in [0.05, 0.1) is 16.5 Å². The molecule has 0 atom stereocenters. The zero-order valence-electron chi connectivity index (χ0n) is 24.2. The van der Waals surface area contributed by atoms with Crippen molar-refractivity contribution in [3.8, 4) is 29.6 Å². The molecule has 1 N–H and O–H groups in total. The van der Waals surface area contributed by atoms with Gasteiger partial charge in [-0.3, -0.25) is 14.9 Å².